The number of aliphatic imine (C=N–C) groups is 1. The standard InChI is InChI=1S/C24H16Cl3FN2O3S/c1-32-20-9-13(8-19(27)22(20)33-12-14-2-3-15(25)11-18(14)26)10-21-23(31)30-24(34-21)29-17-6-4-16(28)5-7-17/h2-11H,12H2,1H3,(H,29,30,31)/b21-10-. The topological polar surface area (TPSA) is 59.9 Å². The molecule has 1 saturated heterocycles. The van der Waals surface area contributed by atoms with Crippen LogP contribution in [0.4, 0.5) is 10.1 Å². The largest absolute Gasteiger partial charge is 0.493 e. The fraction of sp³-hybridized carbons (Fsp3) is 0.0833. The maximum atomic E-state index is 13.1. The van der Waals surface area contributed by atoms with E-state index in [2.05, 4.69) is 10.3 Å². The molecule has 34 heavy (non-hydrogen) atoms. The summed E-state index contributed by atoms with van der Waals surface area (Å²) in [6.45, 7) is 0.161. The summed E-state index contributed by atoms with van der Waals surface area (Å²) >= 11 is 19.8. The van der Waals surface area contributed by atoms with Crippen LogP contribution in [-0.2, 0) is 11.4 Å². The lowest BCUT2D eigenvalue weighted by molar-refractivity contribution is -0.115. The fourth-order valence-electron chi connectivity index (χ4n) is 3.02. The number of rotatable bonds is 6. The van der Waals surface area contributed by atoms with E-state index in [9.17, 15) is 9.18 Å². The van der Waals surface area contributed by atoms with Crippen molar-refractivity contribution in [2.24, 2.45) is 4.99 Å². The predicted molar refractivity (Wildman–Crippen MR) is 136 cm³/mol. The Morgan fingerprint density at radius 3 is 2.53 bits per heavy atom. The monoisotopic (exact) mass is 536 g/mol. The van der Waals surface area contributed by atoms with Crippen molar-refractivity contribution >= 4 is 69.4 Å². The second-order valence-electron chi connectivity index (χ2n) is 7.02. The first-order valence-corrected chi connectivity index (χ1v) is 11.8. The van der Waals surface area contributed by atoms with Gasteiger partial charge in [0.05, 0.1) is 22.7 Å². The van der Waals surface area contributed by atoms with Crippen LogP contribution in [0.15, 0.2) is 64.5 Å². The fourth-order valence-corrected chi connectivity index (χ4v) is 4.60. The maximum absolute atomic E-state index is 13.1. The summed E-state index contributed by atoms with van der Waals surface area (Å²) in [6.07, 6.45) is 1.67. The van der Waals surface area contributed by atoms with E-state index in [-0.39, 0.29) is 18.3 Å². The number of ether oxygens (including phenoxy) is 2. The average molecular weight is 538 g/mol. The SMILES string of the molecule is COc1cc(/C=C2\SC(=Nc3ccc(F)cc3)NC2=O)cc(Cl)c1OCc1ccc(Cl)cc1Cl. The normalized spacial score (nSPS) is 15.6. The lowest BCUT2D eigenvalue weighted by atomic mass is 10.1. The molecule has 1 aliphatic rings. The van der Waals surface area contributed by atoms with Gasteiger partial charge < -0.3 is 14.8 Å². The lowest BCUT2D eigenvalue weighted by Gasteiger charge is -2.14. The summed E-state index contributed by atoms with van der Waals surface area (Å²) in [6, 6.07) is 14.2. The zero-order valence-corrected chi connectivity index (χ0v) is 20.7. The van der Waals surface area contributed by atoms with E-state index in [1.165, 1.54) is 31.4 Å². The molecular formula is C24H16Cl3FN2O3S. The van der Waals surface area contributed by atoms with Crippen molar-refractivity contribution in [3.63, 3.8) is 0 Å². The van der Waals surface area contributed by atoms with Crippen molar-refractivity contribution in [1.29, 1.82) is 0 Å². The lowest BCUT2D eigenvalue weighted by Crippen LogP contribution is -2.19. The maximum Gasteiger partial charge on any atom is 0.264 e. The summed E-state index contributed by atoms with van der Waals surface area (Å²) in [7, 11) is 1.50. The smallest absolute Gasteiger partial charge is 0.264 e. The minimum atomic E-state index is -0.359. The number of carbonyl (C=O) groups is 1. The first-order valence-electron chi connectivity index (χ1n) is 9.82. The Morgan fingerprint density at radius 1 is 1.06 bits per heavy atom. The third-order valence-corrected chi connectivity index (χ3v) is 6.42. The highest BCUT2D eigenvalue weighted by atomic mass is 35.5. The third-order valence-electron chi connectivity index (χ3n) is 4.64. The van der Waals surface area contributed by atoms with E-state index in [1.54, 1.807) is 36.4 Å². The Hall–Kier alpha value is -2.71. The van der Waals surface area contributed by atoms with Crippen molar-refractivity contribution in [2.45, 2.75) is 6.61 Å². The molecule has 1 N–H and O–H groups in total. The number of benzene rings is 3. The van der Waals surface area contributed by atoms with Crippen LogP contribution >= 0.6 is 46.6 Å². The summed E-state index contributed by atoms with van der Waals surface area (Å²) < 4.78 is 24.4. The molecule has 0 atom stereocenters. The van der Waals surface area contributed by atoms with Gasteiger partial charge in [0, 0.05) is 15.6 Å². The summed E-state index contributed by atoms with van der Waals surface area (Å²) in [5, 5.41) is 4.39. The Morgan fingerprint density at radius 2 is 1.82 bits per heavy atom. The molecule has 1 aliphatic heterocycles. The second kappa shape index (κ2) is 10.7. The van der Waals surface area contributed by atoms with Crippen molar-refractivity contribution in [2.75, 3.05) is 7.11 Å². The second-order valence-corrected chi connectivity index (χ2v) is 9.30. The Labute approximate surface area is 214 Å². The van der Waals surface area contributed by atoms with Crippen molar-refractivity contribution < 1.29 is 18.7 Å². The minimum absolute atomic E-state index is 0.161. The summed E-state index contributed by atoms with van der Waals surface area (Å²) in [5.74, 6) is 0.0771. The number of halogens is 4. The number of thioether (sulfide) groups is 1. The molecule has 0 radical (unpaired) electrons. The van der Waals surface area contributed by atoms with Crippen LogP contribution in [0.5, 0.6) is 11.5 Å². The van der Waals surface area contributed by atoms with E-state index < -0.39 is 0 Å². The number of amidine groups is 1. The quantitative estimate of drug-likeness (QED) is 0.336. The van der Waals surface area contributed by atoms with E-state index in [4.69, 9.17) is 44.3 Å². The van der Waals surface area contributed by atoms with E-state index >= 15 is 0 Å². The van der Waals surface area contributed by atoms with Crippen LogP contribution < -0.4 is 14.8 Å². The highest BCUT2D eigenvalue weighted by molar-refractivity contribution is 8.18. The van der Waals surface area contributed by atoms with E-state index in [0.29, 0.717) is 47.9 Å². The molecule has 10 heteroatoms. The van der Waals surface area contributed by atoms with Crippen molar-refractivity contribution in [3.8, 4) is 11.5 Å². The molecule has 174 valence electrons. The van der Waals surface area contributed by atoms with Gasteiger partial charge in [-0.2, -0.15) is 0 Å². The van der Waals surface area contributed by atoms with E-state index in [1.807, 2.05) is 0 Å². The number of carbonyl (C=O) groups excluding carboxylic acids is 1. The Balaban J connectivity index is 1.53. The Bertz CT molecular complexity index is 1310. The molecule has 5 nitrogen and oxygen atoms in total. The molecule has 0 bridgehead atoms. The first kappa shape index (κ1) is 24.4. The molecule has 4 rings (SSSR count). The number of amides is 1. The predicted octanol–water partition coefficient (Wildman–Crippen LogP) is 7.27. The van der Waals surface area contributed by atoms with Crippen LogP contribution in [0.2, 0.25) is 15.1 Å². The van der Waals surface area contributed by atoms with Gasteiger partial charge in [-0.05, 0) is 71.9 Å². The van der Waals surface area contributed by atoms with Crippen molar-refractivity contribution in [1.82, 2.24) is 5.32 Å². The molecule has 1 heterocycles. The number of methoxy groups -OCH3 is 1. The third kappa shape index (κ3) is 5.85. The molecule has 0 aliphatic carbocycles. The summed E-state index contributed by atoms with van der Waals surface area (Å²) in [5.41, 5.74) is 1.90. The van der Waals surface area contributed by atoms with Gasteiger partial charge in [-0.1, -0.05) is 40.9 Å². The van der Waals surface area contributed by atoms with Gasteiger partial charge in [0.15, 0.2) is 16.7 Å². The molecule has 1 amide bonds. The number of nitrogens with zero attached hydrogens (tertiary/aromatic N) is 1. The van der Waals surface area contributed by atoms with Gasteiger partial charge in [0.2, 0.25) is 0 Å². The highest BCUT2D eigenvalue weighted by Gasteiger charge is 2.24. The van der Waals surface area contributed by atoms with Crippen LogP contribution in [0.1, 0.15) is 11.1 Å². The molecule has 0 spiro atoms. The number of hydrogen-bond donors (Lipinski definition) is 1. The number of nitrogens with one attached hydrogen (secondary N) is 1. The van der Waals surface area contributed by atoms with Gasteiger partial charge in [0.1, 0.15) is 12.4 Å². The average Bonchev–Trinajstić information content (AvgIpc) is 3.13. The van der Waals surface area contributed by atoms with E-state index in [0.717, 1.165) is 17.3 Å². The van der Waals surface area contributed by atoms with Gasteiger partial charge in [0.25, 0.3) is 5.91 Å². The molecule has 0 aromatic heterocycles. The molecular weight excluding hydrogens is 522 g/mol. The van der Waals surface area contributed by atoms with Crippen molar-refractivity contribution in [3.05, 3.63) is 91.5 Å². The zero-order chi connectivity index (χ0) is 24.2. The van der Waals surface area contributed by atoms with Crippen LogP contribution in [-0.4, -0.2) is 18.2 Å². The van der Waals surface area contributed by atoms with Gasteiger partial charge >= 0.3 is 0 Å². The first-order chi connectivity index (χ1) is 16.3. The van der Waals surface area contributed by atoms with Gasteiger partial charge in [-0.15, -0.1) is 0 Å². The Kier molecular flexibility index (Phi) is 7.68. The molecule has 0 saturated carbocycles. The van der Waals surface area contributed by atoms with Crippen LogP contribution in [0.25, 0.3) is 6.08 Å². The van der Waals surface area contributed by atoms with Crippen LogP contribution in [0.3, 0.4) is 0 Å². The molecule has 3 aromatic rings. The van der Waals surface area contributed by atoms with Crippen LogP contribution in [0, 0.1) is 5.82 Å². The highest BCUT2D eigenvalue weighted by Crippen LogP contribution is 2.39. The number of hydrogen-bond acceptors (Lipinski definition) is 5. The minimum Gasteiger partial charge on any atom is -0.493 e. The van der Waals surface area contributed by atoms with Gasteiger partial charge in [-0.25, -0.2) is 9.38 Å². The molecule has 0 unspecified atom stereocenters. The summed E-state index contributed by atoms with van der Waals surface area (Å²) in [4.78, 5) is 17.1. The molecule has 1 fully saturated rings. The van der Waals surface area contributed by atoms with Gasteiger partial charge in [-0.3, -0.25) is 4.79 Å². The zero-order valence-electron chi connectivity index (χ0n) is 17.6. The molecule has 3 aromatic carbocycles.